The van der Waals surface area contributed by atoms with Crippen molar-refractivity contribution < 1.29 is 23.1 Å². The molecule has 2 amide bonds. The van der Waals surface area contributed by atoms with Gasteiger partial charge < -0.3 is 30.6 Å². The van der Waals surface area contributed by atoms with Crippen LogP contribution in [-0.4, -0.2) is 57.9 Å². The Morgan fingerprint density at radius 2 is 1.87 bits per heavy atom. The number of amides is 2. The molecular weight excluding hydrogens is 582 g/mol. The topological polar surface area (TPSA) is 132 Å². The summed E-state index contributed by atoms with van der Waals surface area (Å²) in [5.41, 5.74) is 7.75. The van der Waals surface area contributed by atoms with Crippen molar-refractivity contribution in [3.63, 3.8) is 0 Å². The normalized spacial score (nSPS) is 18.1. The number of likely N-dealkylation sites (tertiary alicyclic amines) is 1. The minimum Gasteiger partial charge on any atom is -0.478 e. The van der Waals surface area contributed by atoms with Crippen LogP contribution < -0.4 is 26.7 Å². The number of anilines is 2. The fourth-order valence-corrected chi connectivity index (χ4v) is 5.88. The van der Waals surface area contributed by atoms with E-state index in [0.717, 1.165) is 23.3 Å². The summed E-state index contributed by atoms with van der Waals surface area (Å²) in [6.07, 6.45) is 7.28. The number of carbonyl (C=O) groups is 2. The number of halogens is 2. The molecule has 0 spiro atoms. The zero-order valence-corrected chi connectivity index (χ0v) is 25.4. The molecule has 10 nitrogen and oxygen atoms in total. The van der Waals surface area contributed by atoms with Crippen LogP contribution in [0.1, 0.15) is 78.3 Å². The second kappa shape index (κ2) is 12.2. The monoisotopic (exact) mass is 620 g/mol. The molecule has 1 aromatic carbocycles. The molecule has 0 bridgehead atoms. The minimum absolute atomic E-state index is 0.00437. The fraction of sp³-hybridized carbons (Fsp3) is 0.455. The summed E-state index contributed by atoms with van der Waals surface area (Å²) in [6, 6.07) is 9.85. The number of nitrogen functional groups attached to an aromatic ring is 1. The van der Waals surface area contributed by atoms with Gasteiger partial charge >= 0.3 is 0 Å². The summed E-state index contributed by atoms with van der Waals surface area (Å²) >= 11 is 0. The molecule has 3 heterocycles. The lowest BCUT2D eigenvalue weighted by Gasteiger charge is -2.39. The van der Waals surface area contributed by atoms with Crippen LogP contribution in [0.4, 0.5) is 20.3 Å². The number of alkyl halides is 2. The van der Waals surface area contributed by atoms with E-state index >= 15 is 0 Å². The third-order valence-corrected chi connectivity index (χ3v) is 8.82. The highest BCUT2D eigenvalue weighted by Gasteiger charge is 2.46. The number of ether oxygens (including phenoxy) is 1. The molecular formula is C33H38F2N6O4. The third kappa shape index (κ3) is 6.70. The van der Waals surface area contributed by atoms with E-state index in [9.17, 15) is 23.2 Å². The van der Waals surface area contributed by atoms with Crippen molar-refractivity contribution in [1.82, 2.24) is 19.8 Å². The second-order valence-corrected chi connectivity index (χ2v) is 12.4. The van der Waals surface area contributed by atoms with Gasteiger partial charge in [-0.05, 0) is 86.4 Å². The maximum atomic E-state index is 13.6. The molecule has 1 aliphatic heterocycles. The largest absolute Gasteiger partial charge is 0.478 e. The lowest BCUT2D eigenvalue weighted by molar-refractivity contribution is -0.113. The van der Waals surface area contributed by atoms with Crippen LogP contribution in [0.25, 0.3) is 11.1 Å². The lowest BCUT2D eigenvalue weighted by Crippen LogP contribution is -2.58. The summed E-state index contributed by atoms with van der Waals surface area (Å²) < 4.78 is 34.4. The molecule has 238 valence electrons. The zero-order valence-electron chi connectivity index (χ0n) is 25.4. The van der Waals surface area contributed by atoms with Crippen molar-refractivity contribution in [1.29, 1.82) is 0 Å². The first kappa shape index (κ1) is 30.7. The van der Waals surface area contributed by atoms with Gasteiger partial charge in [0.1, 0.15) is 11.4 Å². The predicted molar refractivity (Wildman–Crippen MR) is 167 cm³/mol. The van der Waals surface area contributed by atoms with Crippen LogP contribution in [0.3, 0.4) is 0 Å². The van der Waals surface area contributed by atoms with Crippen molar-refractivity contribution in [3.8, 4) is 17.0 Å². The number of hydrogen-bond donors (Lipinski definition) is 3. The van der Waals surface area contributed by atoms with Crippen LogP contribution in [0.15, 0.2) is 47.4 Å². The average molecular weight is 621 g/mol. The highest BCUT2D eigenvalue weighted by atomic mass is 19.3. The summed E-state index contributed by atoms with van der Waals surface area (Å²) in [4.78, 5) is 45.7. The van der Waals surface area contributed by atoms with E-state index in [0.29, 0.717) is 35.3 Å². The van der Waals surface area contributed by atoms with Gasteiger partial charge in [0, 0.05) is 42.1 Å². The van der Waals surface area contributed by atoms with Crippen molar-refractivity contribution in [2.75, 3.05) is 30.7 Å². The molecule has 3 aliphatic rings. The molecule has 3 fully saturated rings. The molecule has 2 aromatic heterocycles. The zero-order chi connectivity index (χ0) is 31.9. The third-order valence-electron chi connectivity index (χ3n) is 8.82. The Hall–Kier alpha value is -4.32. The maximum Gasteiger partial charge on any atom is 0.282 e. The van der Waals surface area contributed by atoms with E-state index in [1.807, 2.05) is 6.20 Å². The SMILES string of the molecule is CCOc1cc(-c2ccc(N)cc2C(=O)N2CC(F)(F)C2)cc(NC(=O)c2cc(CN[C@@H](C)C3CCC3)cn(C3CC3)c2=O)n1. The molecule has 1 atom stereocenters. The number of benzene rings is 1. The van der Waals surface area contributed by atoms with Gasteiger partial charge in [0.2, 0.25) is 5.88 Å². The number of nitrogens with zero attached hydrogens (tertiary/aromatic N) is 3. The summed E-state index contributed by atoms with van der Waals surface area (Å²) in [6.45, 7) is 3.41. The quantitative estimate of drug-likeness (QED) is 0.261. The Kier molecular flexibility index (Phi) is 8.34. The Bertz CT molecular complexity index is 1680. The summed E-state index contributed by atoms with van der Waals surface area (Å²) in [7, 11) is 0. The van der Waals surface area contributed by atoms with E-state index in [2.05, 4.69) is 22.5 Å². The number of aromatic nitrogens is 2. The summed E-state index contributed by atoms with van der Waals surface area (Å²) in [5.74, 6) is -3.20. The molecule has 0 radical (unpaired) electrons. The number of nitrogens with one attached hydrogen (secondary N) is 2. The van der Waals surface area contributed by atoms with Crippen molar-refractivity contribution in [2.45, 2.75) is 70.5 Å². The first-order chi connectivity index (χ1) is 21.5. The van der Waals surface area contributed by atoms with Crippen LogP contribution in [-0.2, 0) is 6.54 Å². The van der Waals surface area contributed by atoms with E-state index in [4.69, 9.17) is 10.5 Å². The van der Waals surface area contributed by atoms with Crippen LogP contribution in [0.2, 0.25) is 0 Å². The molecule has 0 unspecified atom stereocenters. The second-order valence-electron chi connectivity index (χ2n) is 12.4. The van der Waals surface area contributed by atoms with Crippen molar-refractivity contribution in [3.05, 3.63) is 69.6 Å². The first-order valence-corrected chi connectivity index (χ1v) is 15.5. The van der Waals surface area contributed by atoms with E-state index in [1.165, 1.54) is 25.3 Å². The van der Waals surface area contributed by atoms with E-state index < -0.39 is 30.8 Å². The summed E-state index contributed by atoms with van der Waals surface area (Å²) in [5, 5.41) is 6.31. The van der Waals surface area contributed by atoms with Gasteiger partial charge in [0.15, 0.2) is 0 Å². The van der Waals surface area contributed by atoms with Crippen molar-refractivity contribution >= 4 is 23.3 Å². The minimum atomic E-state index is -2.92. The first-order valence-electron chi connectivity index (χ1n) is 15.5. The van der Waals surface area contributed by atoms with Gasteiger partial charge in [-0.15, -0.1) is 0 Å². The Morgan fingerprint density at radius 3 is 2.51 bits per heavy atom. The van der Waals surface area contributed by atoms with E-state index in [-0.39, 0.29) is 41.0 Å². The molecule has 4 N–H and O–H groups in total. The van der Waals surface area contributed by atoms with Gasteiger partial charge in [-0.2, -0.15) is 4.98 Å². The number of rotatable bonds is 11. The van der Waals surface area contributed by atoms with Crippen LogP contribution in [0, 0.1) is 5.92 Å². The van der Waals surface area contributed by atoms with Gasteiger partial charge in [-0.25, -0.2) is 8.78 Å². The Balaban J connectivity index is 1.30. The predicted octanol–water partition coefficient (Wildman–Crippen LogP) is 4.85. The van der Waals surface area contributed by atoms with Gasteiger partial charge in [0.05, 0.1) is 19.7 Å². The lowest BCUT2D eigenvalue weighted by atomic mass is 9.80. The number of carbonyl (C=O) groups excluding carboxylic acids is 2. The van der Waals surface area contributed by atoms with E-state index in [1.54, 1.807) is 41.8 Å². The van der Waals surface area contributed by atoms with Crippen molar-refractivity contribution in [2.24, 2.45) is 5.92 Å². The van der Waals surface area contributed by atoms with Crippen LogP contribution >= 0.6 is 0 Å². The molecule has 2 saturated carbocycles. The Labute approximate surface area is 260 Å². The fourth-order valence-electron chi connectivity index (χ4n) is 5.88. The molecule has 6 rings (SSSR count). The van der Waals surface area contributed by atoms with Gasteiger partial charge in [-0.3, -0.25) is 14.4 Å². The standard InChI is InChI=1S/C33H38F2N6O4/c1-3-45-29-13-22(25-10-7-23(36)14-26(25)31(43)40-17-33(34,35)18-40)12-28(38-29)39-30(42)27-11-20(15-37-19(2)21-5-4-6-21)16-41(32(27)44)24-8-9-24/h7,10-14,16,19,21,24,37H,3-6,8-9,15,17-18,36H2,1-2H3,(H,38,39,42)/t19-/m0/s1. The number of nitrogens with two attached hydrogens (primary N) is 1. The molecule has 45 heavy (non-hydrogen) atoms. The number of hydrogen-bond acceptors (Lipinski definition) is 7. The molecule has 1 saturated heterocycles. The molecule has 2 aliphatic carbocycles. The van der Waals surface area contributed by atoms with Gasteiger partial charge in [-0.1, -0.05) is 12.5 Å². The average Bonchev–Trinajstić information content (AvgIpc) is 3.79. The van der Waals surface area contributed by atoms with Gasteiger partial charge in [0.25, 0.3) is 23.3 Å². The van der Waals surface area contributed by atoms with Crippen LogP contribution in [0.5, 0.6) is 5.88 Å². The molecule has 12 heteroatoms. The number of pyridine rings is 2. The smallest absolute Gasteiger partial charge is 0.282 e. The highest BCUT2D eigenvalue weighted by molar-refractivity contribution is 6.05. The maximum absolute atomic E-state index is 13.6. The highest BCUT2D eigenvalue weighted by Crippen LogP contribution is 2.35. The Morgan fingerprint density at radius 1 is 1.11 bits per heavy atom. The molecule has 3 aromatic rings.